The smallest absolute Gasteiger partial charge is 0.408 e. The van der Waals surface area contributed by atoms with Gasteiger partial charge in [0.25, 0.3) is 5.91 Å². The third kappa shape index (κ3) is 17.3. The first-order valence-corrected chi connectivity index (χ1v) is 25.5. The number of sulfonamides is 2. The quantitative estimate of drug-likeness (QED) is 0.0429. The zero-order valence-electron chi connectivity index (χ0n) is 38.9. The van der Waals surface area contributed by atoms with Crippen LogP contribution in [-0.4, -0.2) is 77.8 Å². The fraction of sp³-hybridized carbons (Fsp3) is 0.739. The highest BCUT2D eigenvalue weighted by atomic mass is 32.2. The predicted octanol–water partition coefficient (Wildman–Crippen LogP) is 8.62. The molecule has 360 valence electrons. The number of allylic oxidation sites excluding steroid dienone is 2. The third-order valence-corrected chi connectivity index (χ3v) is 16.0. The molecule has 15 nitrogen and oxygen atoms in total. The number of amides is 3. The van der Waals surface area contributed by atoms with Crippen LogP contribution in [-0.2, 0) is 39.1 Å². The summed E-state index contributed by atoms with van der Waals surface area (Å²) >= 11 is 0. The number of carboxylic acid groups (broad SMARTS) is 1. The summed E-state index contributed by atoms with van der Waals surface area (Å²) in [6, 6.07) is 0. The van der Waals surface area contributed by atoms with E-state index in [4.69, 9.17) is 19.7 Å². The van der Waals surface area contributed by atoms with Crippen molar-refractivity contribution in [2.24, 2.45) is 17.0 Å². The Kier molecular flexibility index (Phi) is 20.2. The minimum absolute atomic E-state index is 0.225. The number of rotatable bonds is 25. The van der Waals surface area contributed by atoms with Gasteiger partial charge in [-0.1, -0.05) is 75.7 Å². The van der Waals surface area contributed by atoms with Crippen molar-refractivity contribution in [1.82, 2.24) is 15.4 Å². The van der Waals surface area contributed by atoms with Gasteiger partial charge in [0.05, 0.1) is 9.49 Å². The van der Waals surface area contributed by atoms with Crippen LogP contribution in [0.25, 0.3) is 0 Å². The Bertz CT molecular complexity index is 1840. The predicted molar refractivity (Wildman–Crippen MR) is 248 cm³/mol. The van der Waals surface area contributed by atoms with Crippen molar-refractivity contribution < 1.29 is 50.6 Å². The van der Waals surface area contributed by atoms with E-state index in [0.29, 0.717) is 32.1 Å². The number of nitrogens with two attached hydrogens (primary N) is 1. The highest BCUT2D eigenvalue weighted by Gasteiger charge is 2.63. The van der Waals surface area contributed by atoms with Crippen molar-refractivity contribution in [2.45, 2.75) is 202 Å². The second-order valence-corrected chi connectivity index (χ2v) is 23.7. The van der Waals surface area contributed by atoms with E-state index in [2.05, 4.69) is 41.7 Å². The van der Waals surface area contributed by atoms with Gasteiger partial charge in [0, 0.05) is 11.8 Å². The number of nitrogens with one attached hydrogen (secondary N) is 3. The highest BCUT2D eigenvalue weighted by molar-refractivity contribution is 7.91. The van der Waals surface area contributed by atoms with E-state index < -0.39 is 75.9 Å². The van der Waals surface area contributed by atoms with Crippen LogP contribution >= 0.6 is 0 Å². The lowest BCUT2D eigenvalue weighted by Crippen LogP contribution is -2.54. The Labute approximate surface area is 378 Å². The number of unbranched alkanes of at least 4 members (excludes halogenated alkanes) is 10. The number of hydrogen-bond donors (Lipinski definition) is 5. The SMILES string of the molecule is C=CCCCCCCCC1(S(=O)(=O)NC(=O)[C@@]2(NC(=O)OC(C)(C)C)C[C@H]2C=C)CC1.C=CCCCCCCCC1(S(N)(=O)=O)CC1.C=C[C@@H]1C[C@]1(NC(=O)OC(C)(C)C)C(=O)O. The molecule has 0 unspecified atom stereocenters. The standard InChI is InChI=1S/C23H38N2O5S.C12H23NO2S.C11H17NO4/c1-6-8-9-10-11-12-13-14-22(15-16-22)31(28,29)25-19(26)23(17-18(23)7-2)24-20(27)30-21(3,4)5;1-2-3-4-5-6-7-8-9-12(10-11-12)16(13,14)15;1-5-7-6-11(7,8(13)14)12-9(15)16-10(2,3)4/h6-7,18H,1-2,8-17H2,3-5H3,(H,24,27)(H,25,26);2H,1,3-11H2,(H2,13,14,15);5,7H,1,6H2,2-4H3,(H,12,15)(H,13,14)/t18-,23-;;7-,11-/m1.1/s1. The molecule has 4 aliphatic rings. The molecule has 4 saturated carbocycles. The molecule has 0 aromatic heterocycles. The van der Waals surface area contributed by atoms with E-state index in [-0.39, 0.29) is 11.8 Å². The summed E-state index contributed by atoms with van der Waals surface area (Å²) in [5, 5.41) is 19.2. The van der Waals surface area contributed by atoms with E-state index in [1.165, 1.54) is 25.3 Å². The number of carbonyl (C=O) groups excluding carboxylic acids is 3. The average molecular weight is 927 g/mol. The van der Waals surface area contributed by atoms with Crippen molar-refractivity contribution in [2.75, 3.05) is 0 Å². The van der Waals surface area contributed by atoms with E-state index in [9.17, 15) is 36.0 Å². The number of alkyl carbamates (subject to hydrolysis) is 2. The Balaban J connectivity index is 0.000000359. The number of carboxylic acids is 1. The van der Waals surface area contributed by atoms with Gasteiger partial charge in [-0.05, 0) is 119 Å². The first-order valence-electron chi connectivity index (χ1n) is 22.5. The maximum absolute atomic E-state index is 13.0. The summed E-state index contributed by atoms with van der Waals surface area (Å²) in [6.45, 7) is 24.9. The molecule has 0 bridgehead atoms. The van der Waals surface area contributed by atoms with Crippen molar-refractivity contribution in [1.29, 1.82) is 0 Å². The van der Waals surface area contributed by atoms with Gasteiger partial charge in [0.2, 0.25) is 20.0 Å². The molecule has 4 atom stereocenters. The maximum atomic E-state index is 13.0. The van der Waals surface area contributed by atoms with Crippen molar-refractivity contribution in [3.63, 3.8) is 0 Å². The van der Waals surface area contributed by atoms with E-state index in [1.54, 1.807) is 47.6 Å². The molecule has 0 saturated heterocycles. The van der Waals surface area contributed by atoms with Gasteiger partial charge < -0.3 is 25.2 Å². The zero-order valence-corrected chi connectivity index (χ0v) is 40.5. The summed E-state index contributed by atoms with van der Waals surface area (Å²) < 4.78 is 59.7. The Hall–Kier alpha value is -3.70. The molecule has 4 rings (SSSR count). The summed E-state index contributed by atoms with van der Waals surface area (Å²) in [5.41, 5.74) is -3.90. The van der Waals surface area contributed by atoms with Crippen molar-refractivity contribution in [3.8, 4) is 0 Å². The summed E-state index contributed by atoms with van der Waals surface area (Å²) in [7, 11) is -7.14. The van der Waals surface area contributed by atoms with Crippen LogP contribution in [0.1, 0.15) is 170 Å². The van der Waals surface area contributed by atoms with Gasteiger partial charge in [0.1, 0.15) is 22.3 Å². The third-order valence-electron chi connectivity index (χ3n) is 11.9. The van der Waals surface area contributed by atoms with Crippen molar-refractivity contribution in [3.05, 3.63) is 50.6 Å². The molecule has 4 aliphatic carbocycles. The van der Waals surface area contributed by atoms with Gasteiger partial charge in [-0.25, -0.2) is 36.4 Å². The molecular formula is C46H78N4O11S2. The second-order valence-electron chi connectivity index (χ2n) is 19.6. The molecule has 0 heterocycles. The first kappa shape index (κ1) is 55.4. The summed E-state index contributed by atoms with van der Waals surface area (Å²) in [6.07, 6.45) is 23.0. The maximum Gasteiger partial charge on any atom is 0.408 e. The van der Waals surface area contributed by atoms with Gasteiger partial charge in [-0.3, -0.25) is 9.52 Å². The van der Waals surface area contributed by atoms with Crippen LogP contribution in [0.4, 0.5) is 9.59 Å². The lowest BCUT2D eigenvalue weighted by molar-refractivity contribution is -0.141. The topological polar surface area (TPSA) is 237 Å². The fourth-order valence-corrected chi connectivity index (χ4v) is 10.3. The van der Waals surface area contributed by atoms with E-state index in [1.807, 2.05) is 12.2 Å². The Morgan fingerprint density at radius 1 is 0.635 bits per heavy atom. The summed E-state index contributed by atoms with van der Waals surface area (Å²) in [4.78, 5) is 47.7. The van der Waals surface area contributed by atoms with Crippen LogP contribution in [0, 0.1) is 11.8 Å². The minimum atomic E-state index is -3.83. The lowest BCUT2D eigenvalue weighted by Gasteiger charge is -2.24. The van der Waals surface area contributed by atoms with Crippen LogP contribution in [0.3, 0.4) is 0 Å². The van der Waals surface area contributed by atoms with Gasteiger partial charge in [0.15, 0.2) is 0 Å². The van der Waals surface area contributed by atoms with Crippen molar-refractivity contribution >= 4 is 44.1 Å². The second kappa shape index (κ2) is 23.0. The molecule has 0 radical (unpaired) electrons. The molecule has 6 N–H and O–H groups in total. The van der Waals surface area contributed by atoms with Gasteiger partial charge >= 0.3 is 18.2 Å². The normalized spacial score (nSPS) is 23.6. The molecular weight excluding hydrogens is 849 g/mol. The number of aliphatic carboxylic acids is 1. The average Bonchev–Trinajstić information content (AvgIpc) is 3.96. The molecule has 4 fully saturated rings. The van der Waals surface area contributed by atoms with Gasteiger partial charge in [-0.15, -0.1) is 26.3 Å². The number of primary sulfonamides is 1. The van der Waals surface area contributed by atoms with Gasteiger partial charge in [-0.2, -0.15) is 0 Å². The number of carbonyl (C=O) groups is 4. The fourth-order valence-electron chi connectivity index (χ4n) is 7.48. The molecule has 0 aliphatic heterocycles. The Morgan fingerprint density at radius 3 is 1.33 bits per heavy atom. The monoisotopic (exact) mass is 927 g/mol. The van der Waals surface area contributed by atoms with Crippen LogP contribution in [0.2, 0.25) is 0 Å². The highest BCUT2D eigenvalue weighted by Crippen LogP contribution is 2.50. The number of ether oxygens (including phenoxy) is 2. The van der Waals surface area contributed by atoms with E-state index >= 15 is 0 Å². The zero-order chi connectivity index (χ0) is 48.0. The summed E-state index contributed by atoms with van der Waals surface area (Å²) in [5.74, 6) is -2.32. The van der Waals surface area contributed by atoms with Crippen LogP contribution in [0.15, 0.2) is 50.6 Å². The van der Waals surface area contributed by atoms with Crippen LogP contribution in [0.5, 0.6) is 0 Å². The molecule has 0 spiro atoms. The molecule has 63 heavy (non-hydrogen) atoms. The van der Waals surface area contributed by atoms with Crippen LogP contribution < -0.4 is 20.5 Å². The number of hydrogen-bond acceptors (Lipinski definition) is 10. The molecule has 0 aromatic carbocycles. The minimum Gasteiger partial charge on any atom is -0.479 e. The van der Waals surface area contributed by atoms with E-state index in [0.717, 1.165) is 77.0 Å². The largest absolute Gasteiger partial charge is 0.479 e. The first-order chi connectivity index (χ1) is 29.1. The molecule has 3 amide bonds. The molecule has 17 heteroatoms. The molecule has 0 aromatic rings. The Morgan fingerprint density at radius 2 is 1.00 bits per heavy atom. The lowest BCUT2D eigenvalue weighted by atomic mass is 10.1.